The SMILES string of the molecule is Cc1c(OCC(=O)N2CCC(C(=O)O)(c3ccccc3)CC2)ccc2c3c(c(=O)oc12)CCCC3. The summed E-state index contributed by atoms with van der Waals surface area (Å²) in [7, 11) is 0. The number of hydrogen-bond acceptors (Lipinski definition) is 5. The highest BCUT2D eigenvalue weighted by Gasteiger charge is 2.43. The van der Waals surface area contributed by atoms with Gasteiger partial charge in [0.15, 0.2) is 6.61 Å². The van der Waals surface area contributed by atoms with E-state index in [0.717, 1.165) is 47.8 Å². The summed E-state index contributed by atoms with van der Waals surface area (Å²) in [4.78, 5) is 39.2. The molecule has 0 spiro atoms. The molecular weight excluding hydrogens is 446 g/mol. The van der Waals surface area contributed by atoms with Gasteiger partial charge < -0.3 is 19.2 Å². The smallest absolute Gasteiger partial charge is 0.339 e. The average molecular weight is 476 g/mol. The van der Waals surface area contributed by atoms with Crippen molar-refractivity contribution in [2.45, 2.75) is 50.9 Å². The number of aliphatic carboxylic acids is 1. The number of aryl methyl sites for hydroxylation is 2. The Bertz CT molecular complexity index is 1340. The second-order valence-electron chi connectivity index (χ2n) is 9.54. The number of carbonyl (C=O) groups is 2. The highest BCUT2D eigenvalue weighted by Crippen LogP contribution is 2.36. The normalized spacial score (nSPS) is 17.1. The average Bonchev–Trinajstić information content (AvgIpc) is 2.89. The van der Waals surface area contributed by atoms with Gasteiger partial charge in [0.05, 0.1) is 5.41 Å². The van der Waals surface area contributed by atoms with Crippen molar-refractivity contribution in [3.63, 3.8) is 0 Å². The van der Waals surface area contributed by atoms with E-state index in [9.17, 15) is 19.5 Å². The number of carboxylic acid groups (broad SMARTS) is 1. The highest BCUT2D eigenvalue weighted by molar-refractivity contribution is 5.86. The fraction of sp³-hybridized carbons (Fsp3) is 0.393. The van der Waals surface area contributed by atoms with Gasteiger partial charge in [-0.1, -0.05) is 30.3 Å². The number of piperidine rings is 1. The van der Waals surface area contributed by atoms with E-state index in [-0.39, 0.29) is 18.1 Å². The van der Waals surface area contributed by atoms with Crippen molar-refractivity contribution in [3.8, 4) is 5.75 Å². The monoisotopic (exact) mass is 475 g/mol. The number of carboxylic acids is 1. The van der Waals surface area contributed by atoms with Gasteiger partial charge in [0.1, 0.15) is 11.3 Å². The molecule has 0 bridgehead atoms. The molecule has 3 aromatic rings. The van der Waals surface area contributed by atoms with Gasteiger partial charge in [0, 0.05) is 29.6 Å². The number of likely N-dealkylation sites (tertiary alicyclic amines) is 1. The van der Waals surface area contributed by atoms with Gasteiger partial charge in [0.2, 0.25) is 0 Å². The molecule has 0 atom stereocenters. The number of rotatable bonds is 5. The molecule has 0 unspecified atom stereocenters. The van der Waals surface area contributed by atoms with E-state index in [1.54, 1.807) is 4.90 Å². The fourth-order valence-electron chi connectivity index (χ4n) is 5.53. The summed E-state index contributed by atoms with van der Waals surface area (Å²) >= 11 is 0. The topological polar surface area (TPSA) is 97.0 Å². The maximum absolute atomic E-state index is 12.9. The molecule has 0 radical (unpaired) electrons. The van der Waals surface area contributed by atoms with Crippen LogP contribution in [0.5, 0.6) is 5.75 Å². The number of amides is 1. The predicted molar refractivity (Wildman–Crippen MR) is 131 cm³/mol. The van der Waals surface area contributed by atoms with Crippen LogP contribution in [0.4, 0.5) is 0 Å². The molecule has 1 N–H and O–H groups in total. The zero-order valence-electron chi connectivity index (χ0n) is 19.8. The lowest BCUT2D eigenvalue weighted by Gasteiger charge is -2.39. The molecule has 2 aromatic carbocycles. The highest BCUT2D eigenvalue weighted by atomic mass is 16.5. The van der Waals surface area contributed by atoms with Crippen molar-refractivity contribution in [1.82, 2.24) is 4.90 Å². The minimum Gasteiger partial charge on any atom is -0.483 e. The summed E-state index contributed by atoms with van der Waals surface area (Å²) in [5, 5.41) is 10.9. The zero-order chi connectivity index (χ0) is 24.6. The molecule has 1 fully saturated rings. The Morgan fingerprint density at radius 3 is 2.40 bits per heavy atom. The van der Waals surface area contributed by atoms with Gasteiger partial charge in [0.25, 0.3) is 5.91 Å². The molecule has 1 aliphatic carbocycles. The summed E-state index contributed by atoms with van der Waals surface area (Å²) in [5.41, 5.74) is 2.58. The Morgan fingerprint density at radius 1 is 1.03 bits per heavy atom. The Balaban J connectivity index is 1.29. The van der Waals surface area contributed by atoms with E-state index in [4.69, 9.17) is 9.15 Å². The first-order chi connectivity index (χ1) is 16.9. The third-order valence-electron chi connectivity index (χ3n) is 7.65. The molecule has 5 rings (SSSR count). The number of hydrogen-bond donors (Lipinski definition) is 1. The summed E-state index contributed by atoms with van der Waals surface area (Å²) in [6, 6.07) is 13.0. The number of benzene rings is 2. The largest absolute Gasteiger partial charge is 0.483 e. The Labute approximate surface area is 203 Å². The minimum atomic E-state index is -0.982. The molecule has 1 aromatic heterocycles. The van der Waals surface area contributed by atoms with Gasteiger partial charge in [-0.25, -0.2) is 4.79 Å². The second-order valence-corrected chi connectivity index (χ2v) is 9.54. The van der Waals surface area contributed by atoms with Crippen LogP contribution in [0.2, 0.25) is 0 Å². The van der Waals surface area contributed by atoms with Crippen LogP contribution in [0.1, 0.15) is 47.9 Å². The minimum absolute atomic E-state index is 0.160. The van der Waals surface area contributed by atoms with Crippen molar-refractivity contribution in [2.24, 2.45) is 0 Å². The van der Waals surface area contributed by atoms with Gasteiger partial charge >= 0.3 is 11.6 Å². The standard InChI is InChI=1S/C28H29NO6/c1-18-23(12-11-21-20-9-5-6-10-22(20)26(31)35-25(18)21)34-17-24(30)29-15-13-28(14-16-29,27(32)33)19-7-3-2-4-8-19/h2-4,7-8,11-12H,5-6,9-10,13-17H2,1H3,(H,32,33). The van der Waals surface area contributed by atoms with Crippen molar-refractivity contribution < 1.29 is 23.8 Å². The van der Waals surface area contributed by atoms with Crippen molar-refractivity contribution >= 4 is 22.8 Å². The lowest BCUT2D eigenvalue weighted by molar-refractivity contribution is -0.148. The fourth-order valence-corrected chi connectivity index (χ4v) is 5.53. The molecule has 182 valence electrons. The maximum Gasteiger partial charge on any atom is 0.339 e. The third-order valence-corrected chi connectivity index (χ3v) is 7.65. The molecule has 35 heavy (non-hydrogen) atoms. The molecular formula is C28H29NO6. The summed E-state index contributed by atoms with van der Waals surface area (Å²) in [6.45, 7) is 2.37. The quantitative estimate of drug-likeness (QED) is 0.560. The second kappa shape index (κ2) is 9.21. The van der Waals surface area contributed by atoms with E-state index in [0.29, 0.717) is 42.8 Å². The Morgan fingerprint density at radius 2 is 1.71 bits per heavy atom. The number of nitrogens with zero attached hydrogens (tertiary/aromatic N) is 1. The summed E-state index contributed by atoms with van der Waals surface area (Å²) in [6.07, 6.45) is 4.38. The predicted octanol–water partition coefficient (Wildman–Crippen LogP) is 4.00. The van der Waals surface area contributed by atoms with E-state index < -0.39 is 11.4 Å². The Hall–Kier alpha value is -3.61. The molecule has 1 saturated heterocycles. The molecule has 0 saturated carbocycles. The van der Waals surface area contributed by atoms with Crippen LogP contribution in [0.3, 0.4) is 0 Å². The van der Waals surface area contributed by atoms with Crippen LogP contribution in [0, 0.1) is 6.92 Å². The van der Waals surface area contributed by atoms with Crippen LogP contribution >= 0.6 is 0 Å². The lowest BCUT2D eigenvalue weighted by Crippen LogP contribution is -2.50. The third kappa shape index (κ3) is 4.09. The van der Waals surface area contributed by atoms with Crippen LogP contribution < -0.4 is 10.4 Å². The maximum atomic E-state index is 12.9. The van der Waals surface area contributed by atoms with Gasteiger partial charge in [-0.05, 0) is 68.7 Å². The molecule has 1 aliphatic heterocycles. The first-order valence-corrected chi connectivity index (χ1v) is 12.2. The van der Waals surface area contributed by atoms with Crippen LogP contribution in [0.15, 0.2) is 51.7 Å². The van der Waals surface area contributed by atoms with E-state index in [2.05, 4.69) is 0 Å². The van der Waals surface area contributed by atoms with Crippen molar-refractivity contribution in [2.75, 3.05) is 19.7 Å². The number of ether oxygens (including phenoxy) is 1. The van der Waals surface area contributed by atoms with Crippen LogP contribution in [-0.2, 0) is 27.8 Å². The molecule has 7 nitrogen and oxygen atoms in total. The van der Waals surface area contributed by atoms with Crippen molar-refractivity contribution in [1.29, 1.82) is 0 Å². The lowest BCUT2D eigenvalue weighted by atomic mass is 9.73. The first kappa shape index (κ1) is 23.1. The molecule has 1 amide bonds. The molecule has 7 heteroatoms. The number of fused-ring (bicyclic) bond motifs is 3. The summed E-state index contributed by atoms with van der Waals surface area (Å²) in [5.74, 6) is -0.545. The molecule has 2 heterocycles. The van der Waals surface area contributed by atoms with Crippen LogP contribution in [0.25, 0.3) is 11.0 Å². The molecule has 2 aliphatic rings. The Kier molecular flexibility index (Phi) is 6.09. The van der Waals surface area contributed by atoms with Gasteiger partial charge in [-0.15, -0.1) is 0 Å². The van der Waals surface area contributed by atoms with E-state index in [1.807, 2.05) is 49.4 Å². The van der Waals surface area contributed by atoms with E-state index in [1.165, 1.54) is 0 Å². The zero-order valence-corrected chi connectivity index (χ0v) is 19.8. The summed E-state index contributed by atoms with van der Waals surface area (Å²) < 4.78 is 11.5. The van der Waals surface area contributed by atoms with Crippen molar-refractivity contribution in [3.05, 3.63) is 75.1 Å². The van der Waals surface area contributed by atoms with E-state index >= 15 is 0 Å². The van der Waals surface area contributed by atoms with Gasteiger partial charge in [-0.3, -0.25) is 9.59 Å². The number of carbonyl (C=O) groups excluding carboxylic acids is 1. The first-order valence-electron chi connectivity index (χ1n) is 12.2. The van der Waals surface area contributed by atoms with Crippen LogP contribution in [-0.4, -0.2) is 41.6 Å². The van der Waals surface area contributed by atoms with Gasteiger partial charge in [-0.2, -0.15) is 0 Å².